The van der Waals surface area contributed by atoms with Crippen LogP contribution in [0.15, 0.2) is 0 Å². The summed E-state index contributed by atoms with van der Waals surface area (Å²) in [5.41, 5.74) is -2.17. The predicted octanol–water partition coefficient (Wildman–Crippen LogP) is 1.59. The number of rotatable bonds is 4. The van der Waals surface area contributed by atoms with E-state index in [0.29, 0.717) is 0 Å². The number of halogens is 3. The molecule has 1 aliphatic rings. The first-order chi connectivity index (χ1) is 8.14. The SMILES string of the molecule is CCC(C(=O)O)N(C)C(=O)NC1(C(F)(F)F)CC1. The van der Waals surface area contributed by atoms with Crippen molar-refractivity contribution < 1.29 is 27.9 Å². The Kier molecular flexibility index (Phi) is 3.78. The molecule has 0 radical (unpaired) electrons. The third-order valence-corrected chi connectivity index (χ3v) is 3.10. The van der Waals surface area contributed by atoms with E-state index in [-0.39, 0.29) is 19.3 Å². The fourth-order valence-corrected chi connectivity index (χ4v) is 1.65. The highest BCUT2D eigenvalue weighted by Gasteiger charge is 2.64. The van der Waals surface area contributed by atoms with Crippen LogP contribution in [0, 0.1) is 0 Å². The molecule has 0 heterocycles. The number of nitrogens with zero attached hydrogens (tertiary/aromatic N) is 1. The monoisotopic (exact) mass is 268 g/mol. The van der Waals surface area contributed by atoms with Gasteiger partial charge in [0, 0.05) is 7.05 Å². The van der Waals surface area contributed by atoms with Crippen LogP contribution in [0.4, 0.5) is 18.0 Å². The number of carboxylic acids is 1. The molecule has 104 valence electrons. The van der Waals surface area contributed by atoms with Gasteiger partial charge in [0.1, 0.15) is 11.6 Å². The van der Waals surface area contributed by atoms with Crippen LogP contribution in [0.5, 0.6) is 0 Å². The third-order valence-electron chi connectivity index (χ3n) is 3.10. The molecule has 1 fully saturated rings. The van der Waals surface area contributed by atoms with Crippen LogP contribution in [0.25, 0.3) is 0 Å². The Bertz CT molecular complexity index is 353. The fraction of sp³-hybridized carbons (Fsp3) is 0.800. The van der Waals surface area contributed by atoms with Gasteiger partial charge in [0.05, 0.1) is 0 Å². The van der Waals surface area contributed by atoms with E-state index in [9.17, 15) is 22.8 Å². The molecule has 0 aromatic rings. The van der Waals surface area contributed by atoms with Crippen LogP contribution >= 0.6 is 0 Å². The number of aliphatic carboxylic acids is 1. The maximum Gasteiger partial charge on any atom is 0.411 e. The summed E-state index contributed by atoms with van der Waals surface area (Å²) in [6, 6.07) is -2.15. The van der Waals surface area contributed by atoms with Gasteiger partial charge in [-0.25, -0.2) is 9.59 Å². The minimum atomic E-state index is -4.51. The topological polar surface area (TPSA) is 69.6 Å². The molecule has 5 nitrogen and oxygen atoms in total. The summed E-state index contributed by atoms with van der Waals surface area (Å²) in [4.78, 5) is 23.2. The Labute approximate surface area is 102 Å². The molecule has 1 atom stereocenters. The molecule has 1 aliphatic carbocycles. The zero-order chi connectivity index (χ0) is 14.1. The van der Waals surface area contributed by atoms with Crippen molar-refractivity contribution in [3.05, 3.63) is 0 Å². The van der Waals surface area contributed by atoms with Crippen LogP contribution in [0.3, 0.4) is 0 Å². The molecule has 2 amide bonds. The van der Waals surface area contributed by atoms with Crippen LogP contribution in [0.1, 0.15) is 26.2 Å². The molecule has 8 heteroatoms. The van der Waals surface area contributed by atoms with E-state index < -0.39 is 29.8 Å². The van der Waals surface area contributed by atoms with Gasteiger partial charge in [-0.2, -0.15) is 13.2 Å². The van der Waals surface area contributed by atoms with Crippen molar-refractivity contribution in [2.24, 2.45) is 0 Å². The number of hydrogen-bond donors (Lipinski definition) is 2. The first-order valence-electron chi connectivity index (χ1n) is 5.49. The third kappa shape index (κ3) is 2.68. The number of carboxylic acid groups (broad SMARTS) is 1. The Hall–Kier alpha value is -1.47. The lowest BCUT2D eigenvalue weighted by atomic mass is 10.2. The van der Waals surface area contributed by atoms with E-state index in [1.54, 1.807) is 6.92 Å². The van der Waals surface area contributed by atoms with Gasteiger partial charge in [-0.3, -0.25) is 0 Å². The second kappa shape index (κ2) is 4.66. The second-order valence-corrected chi connectivity index (χ2v) is 4.38. The highest BCUT2D eigenvalue weighted by Crippen LogP contribution is 2.48. The predicted molar refractivity (Wildman–Crippen MR) is 56.0 cm³/mol. The zero-order valence-electron chi connectivity index (χ0n) is 10.0. The minimum Gasteiger partial charge on any atom is -0.480 e. The molecule has 1 unspecified atom stereocenters. The average molecular weight is 268 g/mol. The van der Waals surface area contributed by atoms with E-state index in [1.165, 1.54) is 7.05 Å². The summed E-state index contributed by atoms with van der Waals surface area (Å²) in [6.45, 7) is 1.54. The van der Waals surface area contributed by atoms with Crippen LogP contribution < -0.4 is 5.32 Å². The Balaban J connectivity index is 2.69. The van der Waals surface area contributed by atoms with Gasteiger partial charge in [0.15, 0.2) is 0 Å². The van der Waals surface area contributed by atoms with Gasteiger partial charge in [-0.1, -0.05) is 6.92 Å². The highest BCUT2D eigenvalue weighted by atomic mass is 19.4. The van der Waals surface area contributed by atoms with E-state index in [1.807, 2.05) is 5.32 Å². The van der Waals surface area contributed by atoms with E-state index >= 15 is 0 Å². The Morgan fingerprint density at radius 3 is 2.22 bits per heavy atom. The van der Waals surface area contributed by atoms with Crippen LogP contribution in [-0.2, 0) is 4.79 Å². The Morgan fingerprint density at radius 1 is 1.44 bits per heavy atom. The quantitative estimate of drug-likeness (QED) is 0.813. The number of hydrogen-bond acceptors (Lipinski definition) is 2. The smallest absolute Gasteiger partial charge is 0.411 e. The van der Waals surface area contributed by atoms with Crippen molar-refractivity contribution in [2.45, 2.75) is 43.9 Å². The van der Waals surface area contributed by atoms with Gasteiger partial charge >= 0.3 is 18.2 Å². The first-order valence-corrected chi connectivity index (χ1v) is 5.49. The molecule has 0 aromatic heterocycles. The lowest BCUT2D eigenvalue weighted by Gasteiger charge is -2.28. The normalized spacial score (nSPS) is 18.9. The molecule has 1 saturated carbocycles. The molecule has 0 aliphatic heterocycles. The van der Waals surface area contributed by atoms with Gasteiger partial charge in [0.2, 0.25) is 0 Å². The number of alkyl halides is 3. The summed E-state index contributed by atoms with van der Waals surface area (Å²) in [6.07, 6.45) is -4.72. The fourth-order valence-electron chi connectivity index (χ4n) is 1.65. The molecule has 0 aromatic carbocycles. The van der Waals surface area contributed by atoms with E-state index in [4.69, 9.17) is 5.11 Å². The molecule has 18 heavy (non-hydrogen) atoms. The number of amides is 2. The van der Waals surface area contributed by atoms with Crippen molar-refractivity contribution in [1.29, 1.82) is 0 Å². The molecule has 0 spiro atoms. The first kappa shape index (κ1) is 14.6. The van der Waals surface area contributed by atoms with Crippen molar-refractivity contribution in [3.63, 3.8) is 0 Å². The van der Waals surface area contributed by atoms with Gasteiger partial charge in [-0.15, -0.1) is 0 Å². The lowest BCUT2D eigenvalue weighted by Crippen LogP contribution is -2.55. The lowest BCUT2D eigenvalue weighted by molar-refractivity contribution is -0.163. The van der Waals surface area contributed by atoms with Crippen molar-refractivity contribution in [3.8, 4) is 0 Å². The number of likely N-dealkylation sites (N-methyl/N-ethyl adjacent to an activating group) is 1. The number of nitrogens with one attached hydrogen (secondary N) is 1. The molecule has 0 saturated heterocycles. The maximum atomic E-state index is 12.6. The summed E-state index contributed by atoms with van der Waals surface area (Å²) in [5.74, 6) is -1.24. The summed E-state index contributed by atoms with van der Waals surface area (Å²) < 4.78 is 37.8. The minimum absolute atomic E-state index is 0.123. The molecular formula is C10H15F3N2O3. The molecule has 2 N–H and O–H groups in total. The molecule has 1 rings (SSSR count). The second-order valence-electron chi connectivity index (χ2n) is 4.38. The largest absolute Gasteiger partial charge is 0.480 e. The summed E-state index contributed by atoms with van der Waals surface area (Å²) >= 11 is 0. The van der Waals surface area contributed by atoms with E-state index in [0.717, 1.165) is 4.90 Å². The van der Waals surface area contributed by atoms with Crippen molar-refractivity contribution >= 4 is 12.0 Å². The van der Waals surface area contributed by atoms with Gasteiger partial charge < -0.3 is 15.3 Å². The zero-order valence-corrected chi connectivity index (χ0v) is 10.0. The summed E-state index contributed by atoms with van der Waals surface area (Å²) in [7, 11) is 1.17. The number of carbonyl (C=O) groups excluding carboxylic acids is 1. The summed E-state index contributed by atoms with van der Waals surface area (Å²) in [5, 5.41) is 10.7. The van der Waals surface area contributed by atoms with Crippen molar-refractivity contribution in [2.75, 3.05) is 7.05 Å². The van der Waals surface area contributed by atoms with Gasteiger partial charge in [0.25, 0.3) is 0 Å². The Morgan fingerprint density at radius 2 is 1.94 bits per heavy atom. The van der Waals surface area contributed by atoms with Crippen LogP contribution in [0.2, 0.25) is 0 Å². The number of urea groups is 1. The van der Waals surface area contributed by atoms with Crippen molar-refractivity contribution in [1.82, 2.24) is 10.2 Å². The van der Waals surface area contributed by atoms with E-state index in [2.05, 4.69) is 0 Å². The molecular weight excluding hydrogens is 253 g/mol. The highest BCUT2D eigenvalue weighted by molar-refractivity contribution is 5.83. The maximum absolute atomic E-state index is 12.6. The van der Waals surface area contributed by atoms with Gasteiger partial charge in [-0.05, 0) is 19.3 Å². The van der Waals surface area contributed by atoms with Crippen LogP contribution in [-0.4, -0.2) is 46.8 Å². The standard InChI is InChI=1S/C10H15F3N2O3/c1-3-6(7(16)17)15(2)8(18)14-9(4-5-9)10(11,12)13/h6H,3-5H2,1-2H3,(H,14,18)(H,16,17). The average Bonchev–Trinajstić information content (AvgIpc) is 2.98. The number of carbonyl (C=O) groups is 2. The molecule has 0 bridgehead atoms.